The lowest BCUT2D eigenvalue weighted by Crippen LogP contribution is -2.11. The summed E-state index contributed by atoms with van der Waals surface area (Å²) >= 11 is 0. The summed E-state index contributed by atoms with van der Waals surface area (Å²) in [7, 11) is 0. The molecule has 0 aliphatic carbocycles. The molecule has 0 atom stereocenters. The van der Waals surface area contributed by atoms with Crippen molar-refractivity contribution in [2.45, 2.75) is 0 Å². The van der Waals surface area contributed by atoms with Crippen LogP contribution in [0, 0.1) is 0 Å². The molecule has 0 heterocycles. The molecule has 250 valence electrons. The Morgan fingerprint density at radius 2 is 0.736 bits per heavy atom. The van der Waals surface area contributed by atoms with Crippen molar-refractivity contribution < 1.29 is 0 Å². The van der Waals surface area contributed by atoms with Crippen LogP contribution in [0.1, 0.15) is 0 Å². The van der Waals surface area contributed by atoms with Crippen LogP contribution in [0.15, 0.2) is 224 Å². The van der Waals surface area contributed by atoms with Crippen molar-refractivity contribution in [3.05, 3.63) is 224 Å². The van der Waals surface area contributed by atoms with Gasteiger partial charge in [-0.3, -0.25) is 0 Å². The van der Waals surface area contributed by atoms with Gasteiger partial charge >= 0.3 is 0 Å². The molecule has 0 spiro atoms. The van der Waals surface area contributed by atoms with Crippen LogP contribution in [0.25, 0.3) is 66.4 Å². The highest BCUT2D eigenvalue weighted by Crippen LogP contribution is 2.44. The standard InChI is InChI=1S/C52H37N/c1-5-16-39(17-6-1)49-34-30-43(36-51(49)42-20-9-3-10-21-42)38-28-32-46(33-29-38)53(45-24-11-4-12-25-45)52-37-44(31-35-50(52)41-18-7-2-8-19-41)48-27-15-23-40-22-13-14-26-47(40)48/h1-37H. The second kappa shape index (κ2) is 14.3. The van der Waals surface area contributed by atoms with Crippen molar-refractivity contribution in [3.63, 3.8) is 0 Å². The molecule has 0 aliphatic rings. The van der Waals surface area contributed by atoms with Gasteiger partial charge in [-0.05, 0) is 97.2 Å². The SMILES string of the molecule is c1ccc(-c2ccc(-c3ccc(N(c4ccccc4)c4cc(-c5cccc6ccccc56)ccc4-c4ccccc4)cc3)cc2-c2ccccc2)cc1. The van der Waals surface area contributed by atoms with Gasteiger partial charge in [0.2, 0.25) is 0 Å². The third-order valence-electron chi connectivity index (χ3n) is 10.1. The molecule has 53 heavy (non-hydrogen) atoms. The molecule has 0 aliphatic heterocycles. The molecule has 0 unspecified atom stereocenters. The number of fused-ring (bicyclic) bond motifs is 1. The lowest BCUT2D eigenvalue weighted by Gasteiger charge is -2.29. The second-order valence-corrected chi connectivity index (χ2v) is 13.3. The average molecular weight is 676 g/mol. The average Bonchev–Trinajstić information content (AvgIpc) is 3.25. The van der Waals surface area contributed by atoms with E-state index in [4.69, 9.17) is 0 Å². The highest BCUT2D eigenvalue weighted by molar-refractivity contribution is 5.99. The van der Waals surface area contributed by atoms with Crippen LogP contribution >= 0.6 is 0 Å². The Hall–Kier alpha value is -6.96. The Bertz CT molecular complexity index is 2620. The third kappa shape index (κ3) is 6.42. The number of anilines is 3. The molecule has 9 rings (SSSR count). The molecule has 0 bridgehead atoms. The number of nitrogens with zero attached hydrogens (tertiary/aromatic N) is 1. The summed E-state index contributed by atoms with van der Waals surface area (Å²) in [5.41, 5.74) is 15.3. The summed E-state index contributed by atoms with van der Waals surface area (Å²) in [5.74, 6) is 0. The Morgan fingerprint density at radius 1 is 0.245 bits per heavy atom. The van der Waals surface area contributed by atoms with E-state index in [2.05, 4.69) is 229 Å². The molecule has 0 amide bonds. The van der Waals surface area contributed by atoms with Crippen LogP contribution in [0.5, 0.6) is 0 Å². The summed E-state index contributed by atoms with van der Waals surface area (Å²) in [6, 6.07) is 80.8. The van der Waals surface area contributed by atoms with Crippen molar-refractivity contribution in [1.29, 1.82) is 0 Å². The monoisotopic (exact) mass is 675 g/mol. The molecule has 0 fully saturated rings. The van der Waals surface area contributed by atoms with Gasteiger partial charge in [-0.15, -0.1) is 0 Å². The van der Waals surface area contributed by atoms with Gasteiger partial charge in [-0.1, -0.05) is 188 Å². The third-order valence-corrected chi connectivity index (χ3v) is 10.1. The van der Waals surface area contributed by atoms with E-state index in [1.54, 1.807) is 0 Å². The maximum Gasteiger partial charge on any atom is 0.0546 e. The molecule has 0 saturated carbocycles. The molecule has 1 nitrogen and oxygen atoms in total. The zero-order valence-corrected chi connectivity index (χ0v) is 29.3. The van der Waals surface area contributed by atoms with Gasteiger partial charge in [0.05, 0.1) is 5.69 Å². The normalized spacial score (nSPS) is 11.0. The minimum Gasteiger partial charge on any atom is -0.310 e. The van der Waals surface area contributed by atoms with Crippen molar-refractivity contribution in [1.82, 2.24) is 0 Å². The number of rotatable bonds is 8. The minimum atomic E-state index is 1.09. The first-order chi connectivity index (χ1) is 26.3. The van der Waals surface area contributed by atoms with Crippen LogP contribution < -0.4 is 4.90 Å². The summed E-state index contributed by atoms with van der Waals surface area (Å²) in [6.45, 7) is 0. The molecule has 0 saturated heterocycles. The Labute approximate surface area is 311 Å². The first-order valence-corrected chi connectivity index (χ1v) is 18.2. The van der Waals surface area contributed by atoms with Gasteiger partial charge in [-0.25, -0.2) is 0 Å². The Kier molecular flexibility index (Phi) is 8.66. The summed E-state index contributed by atoms with van der Waals surface area (Å²) < 4.78 is 0. The van der Waals surface area contributed by atoms with Crippen molar-refractivity contribution in [2.24, 2.45) is 0 Å². The number of hydrogen-bond donors (Lipinski definition) is 0. The van der Waals surface area contributed by atoms with E-state index in [-0.39, 0.29) is 0 Å². The summed E-state index contributed by atoms with van der Waals surface area (Å²) in [6.07, 6.45) is 0. The van der Waals surface area contributed by atoms with E-state index in [1.807, 2.05) is 0 Å². The highest BCUT2D eigenvalue weighted by Gasteiger charge is 2.19. The first-order valence-electron chi connectivity index (χ1n) is 18.2. The van der Waals surface area contributed by atoms with Crippen molar-refractivity contribution in [3.8, 4) is 55.6 Å². The largest absolute Gasteiger partial charge is 0.310 e. The van der Waals surface area contributed by atoms with E-state index in [0.29, 0.717) is 0 Å². The van der Waals surface area contributed by atoms with E-state index in [1.165, 1.54) is 66.4 Å². The molecule has 1 heteroatoms. The van der Waals surface area contributed by atoms with Crippen LogP contribution in [0.2, 0.25) is 0 Å². The minimum absolute atomic E-state index is 1.09. The zero-order valence-electron chi connectivity index (χ0n) is 29.3. The number of hydrogen-bond acceptors (Lipinski definition) is 1. The Balaban J connectivity index is 1.18. The lowest BCUT2D eigenvalue weighted by molar-refractivity contribution is 1.28. The van der Waals surface area contributed by atoms with Gasteiger partial charge < -0.3 is 4.90 Å². The second-order valence-electron chi connectivity index (χ2n) is 13.3. The van der Waals surface area contributed by atoms with E-state index in [9.17, 15) is 0 Å². The predicted octanol–water partition coefficient (Wildman–Crippen LogP) is 14.6. The highest BCUT2D eigenvalue weighted by atomic mass is 15.1. The maximum absolute atomic E-state index is 2.40. The van der Waals surface area contributed by atoms with E-state index in [0.717, 1.165) is 17.1 Å². The molecular weight excluding hydrogens is 639 g/mol. The maximum atomic E-state index is 2.40. The van der Waals surface area contributed by atoms with Gasteiger partial charge in [0.1, 0.15) is 0 Å². The topological polar surface area (TPSA) is 3.24 Å². The molecule has 0 N–H and O–H groups in total. The summed E-state index contributed by atoms with van der Waals surface area (Å²) in [5, 5.41) is 2.48. The number of para-hydroxylation sites is 1. The lowest BCUT2D eigenvalue weighted by atomic mass is 9.91. The van der Waals surface area contributed by atoms with Crippen LogP contribution in [0.3, 0.4) is 0 Å². The van der Waals surface area contributed by atoms with Crippen LogP contribution in [-0.4, -0.2) is 0 Å². The zero-order chi connectivity index (χ0) is 35.4. The molecule has 0 radical (unpaired) electrons. The van der Waals surface area contributed by atoms with Gasteiger partial charge in [-0.2, -0.15) is 0 Å². The number of benzene rings is 9. The first kappa shape index (κ1) is 32.0. The van der Waals surface area contributed by atoms with Gasteiger partial charge in [0.15, 0.2) is 0 Å². The van der Waals surface area contributed by atoms with E-state index >= 15 is 0 Å². The molecule has 9 aromatic carbocycles. The predicted molar refractivity (Wildman–Crippen MR) is 226 cm³/mol. The van der Waals surface area contributed by atoms with E-state index < -0.39 is 0 Å². The van der Waals surface area contributed by atoms with Gasteiger partial charge in [0, 0.05) is 16.9 Å². The van der Waals surface area contributed by atoms with Crippen LogP contribution in [0.4, 0.5) is 17.1 Å². The molecule has 0 aromatic heterocycles. The fraction of sp³-hybridized carbons (Fsp3) is 0. The van der Waals surface area contributed by atoms with Crippen LogP contribution in [-0.2, 0) is 0 Å². The van der Waals surface area contributed by atoms with Crippen molar-refractivity contribution in [2.75, 3.05) is 4.90 Å². The summed E-state index contributed by atoms with van der Waals surface area (Å²) in [4.78, 5) is 2.40. The fourth-order valence-electron chi connectivity index (χ4n) is 7.48. The molecular formula is C52H37N. The smallest absolute Gasteiger partial charge is 0.0546 e. The fourth-order valence-corrected chi connectivity index (χ4v) is 7.48. The Morgan fingerprint density at radius 3 is 1.42 bits per heavy atom. The quantitative estimate of drug-likeness (QED) is 0.155. The van der Waals surface area contributed by atoms with Gasteiger partial charge in [0.25, 0.3) is 0 Å². The van der Waals surface area contributed by atoms with Crippen molar-refractivity contribution >= 4 is 27.8 Å². The molecule has 9 aromatic rings.